The van der Waals surface area contributed by atoms with Crippen molar-refractivity contribution in [2.75, 3.05) is 19.7 Å². The maximum atomic E-state index is 11.1. The molecule has 1 aliphatic heterocycles. The molecule has 0 spiro atoms. The summed E-state index contributed by atoms with van der Waals surface area (Å²) in [5.41, 5.74) is 0. The average Bonchev–Trinajstić information content (AvgIpc) is 2.31. The first-order valence-electron chi connectivity index (χ1n) is 7.13. The number of hydrogen-bond donors (Lipinski definition) is 0. The monoisotopic (exact) mass is 241 g/mol. The SMILES string of the molecule is CCOC(=O)CCCCCN1CCCCC1C. The minimum Gasteiger partial charge on any atom is -0.466 e. The van der Waals surface area contributed by atoms with Crippen LogP contribution in [0.5, 0.6) is 0 Å². The van der Waals surface area contributed by atoms with Crippen LogP contribution in [0.3, 0.4) is 0 Å². The molecule has 1 saturated heterocycles. The Kier molecular flexibility index (Phi) is 7.25. The third-order valence-electron chi connectivity index (χ3n) is 3.57. The highest BCUT2D eigenvalue weighted by Crippen LogP contribution is 2.17. The van der Waals surface area contributed by atoms with Crippen molar-refractivity contribution in [1.82, 2.24) is 4.90 Å². The summed E-state index contributed by atoms with van der Waals surface area (Å²) in [6, 6.07) is 0.758. The number of carbonyl (C=O) groups excluding carboxylic acids is 1. The van der Waals surface area contributed by atoms with E-state index in [4.69, 9.17) is 4.74 Å². The first-order valence-corrected chi connectivity index (χ1v) is 7.13. The van der Waals surface area contributed by atoms with E-state index in [0.717, 1.165) is 18.9 Å². The average molecular weight is 241 g/mol. The Hall–Kier alpha value is -0.570. The molecule has 0 aliphatic carbocycles. The second-order valence-corrected chi connectivity index (χ2v) is 5.00. The van der Waals surface area contributed by atoms with E-state index in [1.165, 1.54) is 38.8 Å². The Morgan fingerprint density at radius 2 is 2.12 bits per heavy atom. The Balaban J connectivity index is 1.98. The minimum absolute atomic E-state index is 0.0427. The standard InChI is InChI=1S/C14H27NO2/c1-3-17-14(16)10-5-4-7-11-15-12-8-6-9-13(15)2/h13H,3-12H2,1-2H3. The minimum atomic E-state index is -0.0427. The number of hydrogen-bond acceptors (Lipinski definition) is 3. The number of likely N-dealkylation sites (tertiary alicyclic amines) is 1. The highest BCUT2D eigenvalue weighted by molar-refractivity contribution is 5.69. The largest absolute Gasteiger partial charge is 0.466 e. The molecule has 0 N–H and O–H groups in total. The van der Waals surface area contributed by atoms with Gasteiger partial charge in [0.15, 0.2) is 0 Å². The summed E-state index contributed by atoms with van der Waals surface area (Å²) in [5, 5.41) is 0. The summed E-state index contributed by atoms with van der Waals surface area (Å²) in [4.78, 5) is 13.7. The van der Waals surface area contributed by atoms with Gasteiger partial charge in [-0.2, -0.15) is 0 Å². The molecule has 0 aromatic rings. The van der Waals surface area contributed by atoms with Crippen LogP contribution in [0.2, 0.25) is 0 Å². The predicted octanol–water partition coefficient (Wildman–Crippen LogP) is 2.98. The van der Waals surface area contributed by atoms with Crippen molar-refractivity contribution in [3.63, 3.8) is 0 Å². The van der Waals surface area contributed by atoms with E-state index in [1.807, 2.05) is 6.92 Å². The summed E-state index contributed by atoms with van der Waals surface area (Å²) >= 11 is 0. The smallest absolute Gasteiger partial charge is 0.305 e. The van der Waals surface area contributed by atoms with E-state index in [9.17, 15) is 4.79 Å². The van der Waals surface area contributed by atoms with Crippen molar-refractivity contribution in [3.8, 4) is 0 Å². The van der Waals surface area contributed by atoms with Gasteiger partial charge in [0, 0.05) is 12.5 Å². The fourth-order valence-corrected chi connectivity index (χ4v) is 2.48. The summed E-state index contributed by atoms with van der Waals surface area (Å²) in [7, 11) is 0. The zero-order valence-corrected chi connectivity index (χ0v) is 11.4. The second kappa shape index (κ2) is 8.51. The normalized spacial score (nSPS) is 21.4. The molecular formula is C14H27NO2. The van der Waals surface area contributed by atoms with Gasteiger partial charge in [0.25, 0.3) is 0 Å². The molecule has 100 valence electrons. The van der Waals surface area contributed by atoms with Crippen LogP contribution in [0, 0.1) is 0 Å². The van der Waals surface area contributed by atoms with Crippen LogP contribution in [-0.2, 0) is 9.53 Å². The molecule has 0 bridgehead atoms. The van der Waals surface area contributed by atoms with Gasteiger partial charge in [-0.15, -0.1) is 0 Å². The lowest BCUT2D eigenvalue weighted by Gasteiger charge is -2.33. The zero-order chi connectivity index (χ0) is 12.5. The van der Waals surface area contributed by atoms with Crippen molar-refractivity contribution in [2.45, 2.75) is 64.8 Å². The van der Waals surface area contributed by atoms with Crippen LogP contribution in [0.25, 0.3) is 0 Å². The molecule has 1 rings (SSSR count). The molecule has 17 heavy (non-hydrogen) atoms. The molecule has 1 aliphatic rings. The van der Waals surface area contributed by atoms with Crippen LogP contribution in [0.1, 0.15) is 58.8 Å². The fraction of sp³-hybridized carbons (Fsp3) is 0.929. The molecule has 0 amide bonds. The van der Waals surface area contributed by atoms with Gasteiger partial charge >= 0.3 is 5.97 Å². The van der Waals surface area contributed by atoms with Gasteiger partial charge in [0.2, 0.25) is 0 Å². The van der Waals surface area contributed by atoms with Crippen molar-refractivity contribution in [1.29, 1.82) is 0 Å². The molecule has 1 heterocycles. The van der Waals surface area contributed by atoms with Gasteiger partial charge in [-0.25, -0.2) is 0 Å². The molecule has 1 atom stereocenters. The van der Waals surface area contributed by atoms with E-state index in [0.29, 0.717) is 13.0 Å². The van der Waals surface area contributed by atoms with Crippen LogP contribution >= 0.6 is 0 Å². The van der Waals surface area contributed by atoms with Crippen molar-refractivity contribution in [3.05, 3.63) is 0 Å². The number of unbranched alkanes of at least 4 members (excludes halogenated alkanes) is 2. The Morgan fingerprint density at radius 1 is 1.29 bits per heavy atom. The van der Waals surface area contributed by atoms with Gasteiger partial charge in [0.05, 0.1) is 6.61 Å². The quantitative estimate of drug-likeness (QED) is 0.507. The third-order valence-corrected chi connectivity index (χ3v) is 3.57. The van der Waals surface area contributed by atoms with Crippen LogP contribution in [-0.4, -0.2) is 36.6 Å². The summed E-state index contributed by atoms with van der Waals surface area (Å²) in [6.07, 6.45) is 8.01. The van der Waals surface area contributed by atoms with Gasteiger partial charge < -0.3 is 9.64 Å². The third kappa shape index (κ3) is 6.06. The molecule has 0 aromatic heterocycles. The molecular weight excluding hydrogens is 214 g/mol. The highest BCUT2D eigenvalue weighted by atomic mass is 16.5. The number of ether oxygens (including phenoxy) is 1. The Morgan fingerprint density at radius 3 is 2.82 bits per heavy atom. The van der Waals surface area contributed by atoms with E-state index in [1.54, 1.807) is 0 Å². The van der Waals surface area contributed by atoms with E-state index in [-0.39, 0.29) is 5.97 Å². The molecule has 0 saturated carbocycles. The van der Waals surface area contributed by atoms with E-state index >= 15 is 0 Å². The van der Waals surface area contributed by atoms with Crippen LogP contribution < -0.4 is 0 Å². The molecule has 0 aromatic carbocycles. The predicted molar refractivity (Wildman–Crippen MR) is 70.0 cm³/mol. The molecule has 1 unspecified atom stereocenters. The first kappa shape index (κ1) is 14.5. The van der Waals surface area contributed by atoms with Crippen molar-refractivity contribution >= 4 is 5.97 Å². The molecule has 3 nitrogen and oxygen atoms in total. The van der Waals surface area contributed by atoms with E-state index < -0.39 is 0 Å². The van der Waals surface area contributed by atoms with Gasteiger partial charge in [0.1, 0.15) is 0 Å². The van der Waals surface area contributed by atoms with Crippen LogP contribution in [0.15, 0.2) is 0 Å². The lowest BCUT2D eigenvalue weighted by molar-refractivity contribution is -0.143. The molecule has 3 heteroatoms. The number of carbonyl (C=O) groups is 1. The second-order valence-electron chi connectivity index (χ2n) is 5.00. The zero-order valence-electron chi connectivity index (χ0n) is 11.4. The summed E-state index contributed by atoms with van der Waals surface area (Å²) < 4.78 is 4.91. The number of rotatable bonds is 7. The fourth-order valence-electron chi connectivity index (χ4n) is 2.48. The van der Waals surface area contributed by atoms with Crippen molar-refractivity contribution < 1.29 is 9.53 Å². The van der Waals surface area contributed by atoms with E-state index in [2.05, 4.69) is 11.8 Å². The van der Waals surface area contributed by atoms with Gasteiger partial charge in [-0.3, -0.25) is 4.79 Å². The number of nitrogens with zero attached hydrogens (tertiary/aromatic N) is 1. The maximum Gasteiger partial charge on any atom is 0.305 e. The Labute approximate surface area is 106 Å². The lowest BCUT2D eigenvalue weighted by atomic mass is 10.0. The molecule has 0 radical (unpaired) electrons. The first-order chi connectivity index (χ1) is 8.24. The number of esters is 1. The van der Waals surface area contributed by atoms with Crippen LogP contribution in [0.4, 0.5) is 0 Å². The maximum absolute atomic E-state index is 11.1. The van der Waals surface area contributed by atoms with Gasteiger partial charge in [-0.1, -0.05) is 12.8 Å². The Bertz CT molecular complexity index is 218. The summed E-state index contributed by atoms with van der Waals surface area (Å²) in [6.45, 7) is 7.15. The lowest BCUT2D eigenvalue weighted by Crippen LogP contribution is -2.37. The summed E-state index contributed by atoms with van der Waals surface area (Å²) in [5.74, 6) is -0.0427. The highest BCUT2D eigenvalue weighted by Gasteiger charge is 2.16. The van der Waals surface area contributed by atoms with Gasteiger partial charge in [-0.05, 0) is 52.6 Å². The topological polar surface area (TPSA) is 29.5 Å². The molecule has 1 fully saturated rings. The number of piperidine rings is 1. The van der Waals surface area contributed by atoms with Crippen molar-refractivity contribution in [2.24, 2.45) is 0 Å².